The van der Waals surface area contributed by atoms with E-state index >= 15 is 0 Å². The average molecular weight is 267 g/mol. The van der Waals surface area contributed by atoms with Crippen LogP contribution in [0.25, 0.3) is 0 Å². The van der Waals surface area contributed by atoms with E-state index in [1.165, 1.54) is 11.3 Å². The van der Waals surface area contributed by atoms with Gasteiger partial charge < -0.3 is 5.73 Å². The molecule has 0 aliphatic carbocycles. The standard InChI is InChI=1S/C11H11ClN4S/c1-7-4-9(12)3-2-8(7)5-14-16-11-15-10(13)6-17-11/h2-6H,13H2,1H3,(H,15,16). The average Bonchev–Trinajstić information content (AvgIpc) is 2.68. The summed E-state index contributed by atoms with van der Waals surface area (Å²) in [6.45, 7) is 1.98. The van der Waals surface area contributed by atoms with Crippen LogP contribution in [0.5, 0.6) is 0 Å². The maximum absolute atomic E-state index is 5.87. The van der Waals surface area contributed by atoms with Crippen LogP contribution >= 0.6 is 22.9 Å². The van der Waals surface area contributed by atoms with Gasteiger partial charge >= 0.3 is 0 Å². The van der Waals surface area contributed by atoms with Gasteiger partial charge in [0.05, 0.1) is 6.21 Å². The third-order valence-corrected chi connectivity index (χ3v) is 3.12. The lowest BCUT2D eigenvalue weighted by molar-refractivity contribution is 1.29. The van der Waals surface area contributed by atoms with E-state index in [-0.39, 0.29) is 0 Å². The van der Waals surface area contributed by atoms with Crippen LogP contribution in [-0.4, -0.2) is 11.2 Å². The number of thiazole rings is 1. The predicted octanol–water partition coefficient (Wildman–Crippen LogP) is 3.13. The number of nitrogens with two attached hydrogens (primary N) is 1. The molecule has 0 saturated carbocycles. The molecule has 17 heavy (non-hydrogen) atoms. The Balaban J connectivity index is 2.05. The quantitative estimate of drug-likeness (QED) is 0.663. The minimum absolute atomic E-state index is 0.496. The van der Waals surface area contributed by atoms with Gasteiger partial charge in [0.2, 0.25) is 5.13 Å². The number of aromatic nitrogens is 1. The lowest BCUT2D eigenvalue weighted by Gasteiger charge is -1.99. The van der Waals surface area contributed by atoms with Gasteiger partial charge in [0.25, 0.3) is 0 Å². The Morgan fingerprint density at radius 2 is 2.35 bits per heavy atom. The Labute approximate surface area is 108 Å². The van der Waals surface area contributed by atoms with Crippen molar-refractivity contribution in [1.29, 1.82) is 0 Å². The van der Waals surface area contributed by atoms with Gasteiger partial charge in [0, 0.05) is 10.4 Å². The summed E-state index contributed by atoms with van der Waals surface area (Å²) in [5, 5.41) is 7.24. The molecule has 0 spiro atoms. The second-order valence-electron chi connectivity index (χ2n) is 3.45. The zero-order valence-corrected chi connectivity index (χ0v) is 10.7. The molecule has 6 heteroatoms. The highest BCUT2D eigenvalue weighted by molar-refractivity contribution is 7.14. The summed E-state index contributed by atoms with van der Waals surface area (Å²) in [5.41, 5.74) is 10.4. The van der Waals surface area contributed by atoms with E-state index < -0.39 is 0 Å². The van der Waals surface area contributed by atoms with Crippen LogP contribution < -0.4 is 11.2 Å². The van der Waals surface area contributed by atoms with Crippen molar-refractivity contribution >= 4 is 40.1 Å². The first-order valence-electron chi connectivity index (χ1n) is 4.91. The maximum Gasteiger partial charge on any atom is 0.205 e. The molecule has 1 heterocycles. The number of aryl methyl sites for hydroxylation is 1. The second kappa shape index (κ2) is 5.16. The molecule has 0 aliphatic rings. The molecule has 0 amide bonds. The molecule has 0 radical (unpaired) electrons. The van der Waals surface area contributed by atoms with Crippen molar-refractivity contribution in [1.82, 2.24) is 4.98 Å². The van der Waals surface area contributed by atoms with Gasteiger partial charge in [0.1, 0.15) is 5.82 Å². The van der Waals surface area contributed by atoms with E-state index in [9.17, 15) is 0 Å². The summed E-state index contributed by atoms with van der Waals surface area (Å²) < 4.78 is 0. The zero-order valence-electron chi connectivity index (χ0n) is 9.14. The minimum atomic E-state index is 0.496. The van der Waals surface area contributed by atoms with E-state index in [0.717, 1.165) is 16.1 Å². The monoisotopic (exact) mass is 266 g/mol. The molecule has 88 valence electrons. The highest BCUT2D eigenvalue weighted by Gasteiger charge is 1.97. The molecule has 3 N–H and O–H groups in total. The fraction of sp³-hybridized carbons (Fsp3) is 0.0909. The molecule has 0 fully saturated rings. The van der Waals surface area contributed by atoms with Gasteiger partial charge in [-0.3, -0.25) is 5.43 Å². The normalized spacial score (nSPS) is 10.9. The highest BCUT2D eigenvalue weighted by atomic mass is 35.5. The molecule has 4 nitrogen and oxygen atoms in total. The smallest absolute Gasteiger partial charge is 0.205 e. The van der Waals surface area contributed by atoms with Crippen LogP contribution in [0.1, 0.15) is 11.1 Å². The zero-order chi connectivity index (χ0) is 12.3. The van der Waals surface area contributed by atoms with Crippen molar-refractivity contribution in [3.05, 3.63) is 39.7 Å². The van der Waals surface area contributed by atoms with Crippen molar-refractivity contribution in [2.75, 3.05) is 11.2 Å². The molecule has 2 rings (SSSR count). The van der Waals surface area contributed by atoms with Crippen LogP contribution in [-0.2, 0) is 0 Å². The Morgan fingerprint density at radius 1 is 1.53 bits per heavy atom. The van der Waals surface area contributed by atoms with E-state index in [1.807, 2.05) is 25.1 Å². The Bertz CT molecular complexity index is 550. The topological polar surface area (TPSA) is 63.3 Å². The van der Waals surface area contributed by atoms with Gasteiger partial charge in [-0.1, -0.05) is 17.7 Å². The van der Waals surface area contributed by atoms with Gasteiger partial charge in [0.15, 0.2) is 0 Å². The largest absolute Gasteiger partial charge is 0.383 e. The van der Waals surface area contributed by atoms with Crippen molar-refractivity contribution < 1.29 is 0 Å². The molecule has 2 aromatic rings. The Morgan fingerprint density at radius 3 is 3.00 bits per heavy atom. The minimum Gasteiger partial charge on any atom is -0.383 e. The summed E-state index contributed by atoms with van der Waals surface area (Å²) >= 11 is 7.28. The van der Waals surface area contributed by atoms with Crippen LogP contribution in [0.15, 0.2) is 28.7 Å². The van der Waals surface area contributed by atoms with Crippen LogP contribution in [0.4, 0.5) is 10.9 Å². The number of halogens is 1. The number of rotatable bonds is 3. The number of nitrogens with zero attached hydrogens (tertiary/aromatic N) is 2. The van der Waals surface area contributed by atoms with Crippen molar-refractivity contribution in [2.24, 2.45) is 5.10 Å². The lowest BCUT2D eigenvalue weighted by atomic mass is 10.1. The van der Waals surface area contributed by atoms with Gasteiger partial charge in [-0.05, 0) is 30.2 Å². The van der Waals surface area contributed by atoms with E-state index in [2.05, 4.69) is 15.5 Å². The fourth-order valence-electron chi connectivity index (χ4n) is 1.28. The summed E-state index contributed by atoms with van der Waals surface area (Å²) in [6, 6.07) is 5.64. The highest BCUT2D eigenvalue weighted by Crippen LogP contribution is 2.16. The molecule has 1 aromatic heterocycles. The first kappa shape index (κ1) is 11.9. The number of nitrogen functional groups attached to an aromatic ring is 1. The number of hydrazone groups is 1. The fourth-order valence-corrected chi connectivity index (χ4v) is 2.05. The van der Waals surface area contributed by atoms with Crippen molar-refractivity contribution in [3.63, 3.8) is 0 Å². The van der Waals surface area contributed by atoms with Crippen LogP contribution in [0, 0.1) is 6.92 Å². The van der Waals surface area contributed by atoms with Crippen LogP contribution in [0.3, 0.4) is 0 Å². The summed E-state index contributed by atoms with van der Waals surface area (Å²) in [7, 11) is 0. The SMILES string of the molecule is Cc1cc(Cl)ccc1C=NNc1nc(N)cs1. The summed E-state index contributed by atoms with van der Waals surface area (Å²) in [4.78, 5) is 4.03. The number of hydrogen-bond acceptors (Lipinski definition) is 5. The second-order valence-corrected chi connectivity index (χ2v) is 4.74. The third kappa shape index (κ3) is 3.18. The number of nitrogens with one attached hydrogen (secondary N) is 1. The lowest BCUT2D eigenvalue weighted by Crippen LogP contribution is -1.92. The number of hydrogen-bond donors (Lipinski definition) is 2. The van der Waals surface area contributed by atoms with Gasteiger partial charge in [-0.15, -0.1) is 11.3 Å². The van der Waals surface area contributed by atoms with E-state index in [0.29, 0.717) is 10.9 Å². The molecule has 0 unspecified atom stereocenters. The molecule has 0 bridgehead atoms. The van der Waals surface area contributed by atoms with E-state index in [1.54, 1.807) is 11.6 Å². The predicted molar refractivity (Wildman–Crippen MR) is 73.9 cm³/mol. The van der Waals surface area contributed by atoms with Crippen molar-refractivity contribution in [3.8, 4) is 0 Å². The third-order valence-electron chi connectivity index (χ3n) is 2.12. The first-order valence-corrected chi connectivity index (χ1v) is 6.17. The summed E-state index contributed by atoms with van der Waals surface area (Å²) in [6.07, 6.45) is 1.73. The summed E-state index contributed by atoms with van der Waals surface area (Å²) in [5.74, 6) is 0.496. The molecule has 0 aliphatic heterocycles. The number of benzene rings is 1. The van der Waals surface area contributed by atoms with Crippen LogP contribution in [0.2, 0.25) is 5.02 Å². The number of anilines is 2. The Hall–Kier alpha value is -1.59. The maximum atomic E-state index is 5.87. The van der Waals surface area contributed by atoms with Gasteiger partial charge in [-0.25, -0.2) is 4.98 Å². The Kier molecular flexibility index (Phi) is 3.61. The molecular formula is C11H11ClN4S. The first-order chi connectivity index (χ1) is 8.15. The molecule has 0 atom stereocenters. The molecule has 1 aromatic carbocycles. The van der Waals surface area contributed by atoms with Crippen molar-refractivity contribution in [2.45, 2.75) is 6.92 Å². The molecular weight excluding hydrogens is 256 g/mol. The van der Waals surface area contributed by atoms with E-state index in [4.69, 9.17) is 17.3 Å². The molecule has 0 saturated heterocycles. The van der Waals surface area contributed by atoms with Gasteiger partial charge in [-0.2, -0.15) is 5.10 Å².